The highest BCUT2D eigenvalue weighted by Gasteiger charge is 2.12. The minimum absolute atomic E-state index is 0.135. The van der Waals surface area contributed by atoms with Gasteiger partial charge in [-0.1, -0.05) is 60.3 Å². The average molecular weight is 306 g/mol. The molecule has 0 bridgehead atoms. The van der Waals surface area contributed by atoms with Crippen LogP contribution in [-0.2, 0) is 0 Å². The molecule has 0 unspecified atom stereocenters. The summed E-state index contributed by atoms with van der Waals surface area (Å²) in [5.74, 6) is 0. The zero-order chi connectivity index (χ0) is 15.4. The summed E-state index contributed by atoms with van der Waals surface area (Å²) in [4.78, 5) is 5.75. The van der Waals surface area contributed by atoms with Gasteiger partial charge in [-0.25, -0.2) is 4.98 Å². The summed E-state index contributed by atoms with van der Waals surface area (Å²) in [5, 5.41) is 0.993. The molecule has 3 aromatic rings. The van der Waals surface area contributed by atoms with E-state index in [1.165, 1.54) is 10.5 Å². The van der Waals surface area contributed by atoms with Crippen LogP contribution in [0.3, 0.4) is 0 Å². The molecule has 2 N–H and O–H groups in total. The van der Waals surface area contributed by atoms with Crippen molar-refractivity contribution in [1.82, 2.24) is 4.98 Å². The third-order valence-electron chi connectivity index (χ3n) is 3.59. The number of aryl methyl sites for hydroxylation is 1. The van der Waals surface area contributed by atoms with E-state index >= 15 is 0 Å². The molecule has 0 aliphatic rings. The van der Waals surface area contributed by atoms with Crippen LogP contribution in [0.5, 0.6) is 0 Å². The molecule has 0 spiro atoms. The van der Waals surface area contributed by atoms with E-state index in [4.69, 9.17) is 5.73 Å². The summed E-state index contributed by atoms with van der Waals surface area (Å²) in [5.41, 5.74) is 9.72. The van der Waals surface area contributed by atoms with Crippen LogP contribution >= 0.6 is 11.8 Å². The standard InChI is InChI=1S/C19H18N2S/c1-14-12-18(22-16-10-6-3-7-11-16)21-13-17(14)19(20)15-8-4-2-5-9-15/h2-13,19H,20H2,1H3/t19-/m1/s1. The van der Waals surface area contributed by atoms with Crippen LogP contribution in [0, 0.1) is 6.92 Å². The molecule has 2 nitrogen and oxygen atoms in total. The first-order chi connectivity index (χ1) is 10.7. The molecule has 22 heavy (non-hydrogen) atoms. The average Bonchev–Trinajstić information content (AvgIpc) is 2.56. The lowest BCUT2D eigenvalue weighted by Crippen LogP contribution is -2.13. The van der Waals surface area contributed by atoms with Crippen LogP contribution in [-0.4, -0.2) is 4.98 Å². The van der Waals surface area contributed by atoms with E-state index in [0.29, 0.717) is 0 Å². The molecule has 0 saturated carbocycles. The van der Waals surface area contributed by atoms with Gasteiger partial charge in [-0.15, -0.1) is 0 Å². The van der Waals surface area contributed by atoms with Crippen molar-refractivity contribution in [2.45, 2.75) is 22.9 Å². The van der Waals surface area contributed by atoms with E-state index in [-0.39, 0.29) is 6.04 Å². The molecule has 1 heterocycles. The highest BCUT2D eigenvalue weighted by molar-refractivity contribution is 7.99. The Morgan fingerprint density at radius 1 is 0.955 bits per heavy atom. The molecule has 0 fully saturated rings. The Bertz CT molecular complexity index is 742. The van der Waals surface area contributed by atoms with Crippen LogP contribution < -0.4 is 5.73 Å². The summed E-state index contributed by atoms with van der Waals surface area (Å²) in [6.07, 6.45) is 1.90. The summed E-state index contributed by atoms with van der Waals surface area (Å²) in [6.45, 7) is 2.09. The van der Waals surface area contributed by atoms with Crippen LogP contribution in [0.1, 0.15) is 22.7 Å². The molecule has 0 radical (unpaired) electrons. The van der Waals surface area contributed by atoms with Crippen molar-refractivity contribution in [1.29, 1.82) is 0 Å². The second kappa shape index (κ2) is 6.77. The number of nitrogens with two attached hydrogens (primary N) is 1. The normalized spacial score (nSPS) is 12.1. The molecule has 0 amide bonds. The summed E-state index contributed by atoms with van der Waals surface area (Å²) in [7, 11) is 0. The number of aromatic nitrogens is 1. The zero-order valence-corrected chi connectivity index (χ0v) is 13.3. The topological polar surface area (TPSA) is 38.9 Å². The number of hydrogen-bond donors (Lipinski definition) is 1. The third kappa shape index (κ3) is 3.38. The fraction of sp³-hybridized carbons (Fsp3) is 0.105. The van der Waals surface area contributed by atoms with Crippen LogP contribution in [0.4, 0.5) is 0 Å². The number of benzene rings is 2. The molecule has 3 heteroatoms. The van der Waals surface area contributed by atoms with Gasteiger partial charge in [0.15, 0.2) is 0 Å². The smallest absolute Gasteiger partial charge is 0.101 e. The van der Waals surface area contributed by atoms with Crippen molar-refractivity contribution >= 4 is 11.8 Å². The van der Waals surface area contributed by atoms with Crippen LogP contribution in [0.15, 0.2) is 82.8 Å². The Labute approximate surface area is 135 Å². The quantitative estimate of drug-likeness (QED) is 0.766. The van der Waals surface area contributed by atoms with Crippen molar-refractivity contribution in [3.63, 3.8) is 0 Å². The third-order valence-corrected chi connectivity index (χ3v) is 4.53. The highest BCUT2D eigenvalue weighted by Crippen LogP contribution is 2.29. The minimum Gasteiger partial charge on any atom is -0.320 e. The van der Waals surface area contributed by atoms with Gasteiger partial charge in [0, 0.05) is 11.1 Å². The summed E-state index contributed by atoms with van der Waals surface area (Å²) >= 11 is 1.67. The molecular weight excluding hydrogens is 288 g/mol. The molecule has 0 aliphatic heterocycles. The van der Waals surface area contributed by atoms with Gasteiger partial charge in [0.05, 0.1) is 6.04 Å². The maximum Gasteiger partial charge on any atom is 0.101 e. The minimum atomic E-state index is -0.135. The highest BCUT2D eigenvalue weighted by atomic mass is 32.2. The first-order valence-electron chi connectivity index (χ1n) is 7.24. The fourth-order valence-electron chi connectivity index (χ4n) is 2.37. The molecule has 0 saturated heterocycles. The van der Waals surface area contributed by atoms with E-state index in [2.05, 4.69) is 42.2 Å². The maximum atomic E-state index is 6.37. The molecule has 0 aliphatic carbocycles. The van der Waals surface area contributed by atoms with Crippen LogP contribution in [0.2, 0.25) is 0 Å². The Balaban J connectivity index is 1.83. The van der Waals surface area contributed by atoms with E-state index in [1.807, 2.05) is 42.6 Å². The lowest BCUT2D eigenvalue weighted by molar-refractivity contribution is 0.844. The molecule has 1 aromatic heterocycles. The number of pyridine rings is 1. The second-order valence-corrected chi connectivity index (χ2v) is 6.28. The Morgan fingerprint density at radius 3 is 2.23 bits per heavy atom. The van der Waals surface area contributed by atoms with Crippen molar-refractivity contribution in [2.75, 3.05) is 0 Å². The van der Waals surface area contributed by atoms with Gasteiger partial charge in [0.1, 0.15) is 5.03 Å². The molecule has 3 rings (SSSR count). The van der Waals surface area contributed by atoms with Gasteiger partial charge < -0.3 is 5.73 Å². The van der Waals surface area contributed by atoms with Gasteiger partial charge in [0.2, 0.25) is 0 Å². The van der Waals surface area contributed by atoms with Gasteiger partial charge >= 0.3 is 0 Å². The Morgan fingerprint density at radius 2 is 1.59 bits per heavy atom. The van der Waals surface area contributed by atoms with E-state index in [0.717, 1.165) is 16.2 Å². The van der Waals surface area contributed by atoms with Crippen molar-refractivity contribution in [3.05, 3.63) is 89.6 Å². The predicted octanol–water partition coefficient (Wildman–Crippen LogP) is 4.59. The molecular formula is C19H18N2S. The monoisotopic (exact) mass is 306 g/mol. The number of nitrogens with zero attached hydrogens (tertiary/aromatic N) is 1. The largest absolute Gasteiger partial charge is 0.320 e. The van der Waals surface area contributed by atoms with E-state index < -0.39 is 0 Å². The lowest BCUT2D eigenvalue weighted by atomic mass is 9.98. The molecule has 110 valence electrons. The first-order valence-corrected chi connectivity index (χ1v) is 8.05. The Hall–Kier alpha value is -2.10. The van der Waals surface area contributed by atoms with Gasteiger partial charge in [-0.3, -0.25) is 0 Å². The lowest BCUT2D eigenvalue weighted by Gasteiger charge is -2.15. The zero-order valence-electron chi connectivity index (χ0n) is 12.4. The molecule has 1 atom stereocenters. The van der Waals surface area contributed by atoms with Gasteiger partial charge in [0.25, 0.3) is 0 Å². The van der Waals surface area contributed by atoms with Crippen molar-refractivity contribution in [2.24, 2.45) is 5.73 Å². The van der Waals surface area contributed by atoms with Gasteiger partial charge in [-0.2, -0.15) is 0 Å². The Kier molecular flexibility index (Phi) is 4.56. The fourth-order valence-corrected chi connectivity index (χ4v) is 3.25. The van der Waals surface area contributed by atoms with Gasteiger partial charge in [-0.05, 0) is 41.8 Å². The predicted molar refractivity (Wildman–Crippen MR) is 92.0 cm³/mol. The SMILES string of the molecule is Cc1cc(Sc2ccccc2)ncc1[C@H](N)c1ccccc1. The summed E-state index contributed by atoms with van der Waals surface area (Å²) in [6, 6.07) is 22.4. The maximum absolute atomic E-state index is 6.37. The second-order valence-electron chi connectivity index (χ2n) is 5.18. The first kappa shape index (κ1) is 14.8. The van der Waals surface area contributed by atoms with Crippen molar-refractivity contribution < 1.29 is 0 Å². The summed E-state index contributed by atoms with van der Waals surface area (Å²) < 4.78 is 0. The molecule has 2 aromatic carbocycles. The number of rotatable bonds is 4. The van der Waals surface area contributed by atoms with Crippen LogP contribution in [0.25, 0.3) is 0 Å². The van der Waals surface area contributed by atoms with E-state index in [1.54, 1.807) is 11.8 Å². The number of hydrogen-bond acceptors (Lipinski definition) is 3. The van der Waals surface area contributed by atoms with E-state index in [9.17, 15) is 0 Å². The van der Waals surface area contributed by atoms with Crippen molar-refractivity contribution in [3.8, 4) is 0 Å².